The molecule has 0 spiro atoms. The fourth-order valence-corrected chi connectivity index (χ4v) is 5.13. The average Bonchev–Trinajstić information content (AvgIpc) is 2.59. The van der Waals surface area contributed by atoms with Gasteiger partial charge < -0.3 is 5.32 Å². The van der Waals surface area contributed by atoms with Gasteiger partial charge in [-0.3, -0.25) is 4.79 Å². The Balaban J connectivity index is 1.91. The number of benzene rings is 1. The lowest BCUT2D eigenvalue weighted by Crippen LogP contribution is -2.45. The van der Waals surface area contributed by atoms with Crippen molar-refractivity contribution in [3.63, 3.8) is 0 Å². The molecule has 0 radical (unpaired) electrons. The van der Waals surface area contributed by atoms with E-state index in [0.29, 0.717) is 25.9 Å². The van der Waals surface area contributed by atoms with E-state index in [1.807, 2.05) is 24.3 Å². The largest absolute Gasteiger partial charge is 0.353 e. The quantitative estimate of drug-likeness (QED) is 0.721. The first-order valence-electron chi connectivity index (χ1n) is 8.88. The highest BCUT2D eigenvalue weighted by molar-refractivity contribution is 9.10. The van der Waals surface area contributed by atoms with Crippen LogP contribution in [0.2, 0.25) is 0 Å². The Kier molecular flexibility index (Phi) is 7.46. The van der Waals surface area contributed by atoms with Crippen molar-refractivity contribution >= 4 is 31.9 Å². The molecule has 1 N–H and O–H groups in total. The summed E-state index contributed by atoms with van der Waals surface area (Å²) in [5.41, 5.74) is 0.767. The fraction of sp³-hybridized carbons (Fsp3) is 0.611. The van der Waals surface area contributed by atoms with Crippen molar-refractivity contribution in [1.29, 1.82) is 0 Å². The van der Waals surface area contributed by atoms with Gasteiger partial charge in [-0.15, -0.1) is 0 Å². The third kappa shape index (κ3) is 5.79. The Bertz CT molecular complexity index is 681. The Labute approximate surface area is 159 Å². The fourth-order valence-electron chi connectivity index (χ4n) is 3.14. The predicted molar refractivity (Wildman–Crippen MR) is 104 cm³/mol. The predicted octanol–water partition coefficient (Wildman–Crippen LogP) is 3.30. The Morgan fingerprint density at radius 2 is 1.92 bits per heavy atom. The molecule has 0 aromatic heterocycles. The van der Waals surface area contributed by atoms with Crippen molar-refractivity contribution in [2.75, 3.05) is 13.1 Å². The molecule has 0 aliphatic carbocycles. The summed E-state index contributed by atoms with van der Waals surface area (Å²) >= 11 is 3.37. The second-order valence-corrected chi connectivity index (χ2v) is 9.47. The van der Waals surface area contributed by atoms with Crippen LogP contribution in [0.25, 0.3) is 0 Å². The summed E-state index contributed by atoms with van der Waals surface area (Å²) in [7, 11) is -3.35. The molecule has 1 aromatic rings. The summed E-state index contributed by atoms with van der Waals surface area (Å²) < 4.78 is 27.6. The highest BCUT2D eigenvalue weighted by Gasteiger charge is 2.31. The number of halogens is 1. The van der Waals surface area contributed by atoms with Crippen molar-refractivity contribution in [1.82, 2.24) is 9.62 Å². The zero-order chi connectivity index (χ0) is 18.4. The van der Waals surface area contributed by atoms with Crippen LogP contribution in [0, 0.1) is 5.92 Å². The maximum atomic E-state index is 12.6. The minimum atomic E-state index is -3.35. The summed E-state index contributed by atoms with van der Waals surface area (Å²) in [6.45, 7) is 4.95. The molecule has 7 heteroatoms. The van der Waals surface area contributed by atoms with Crippen LogP contribution in [0.3, 0.4) is 0 Å². The van der Waals surface area contributed by atoms with Crippen molar-refractivity contribution < 1.29 is 13.2 Å². The topological polar surface area (TPSA) is 66.5 Å². The van der Waals surface area contributed by atoms with Gasteiger partial charge in [-0.05, 0) is 43.4 Å². The third-order valence-electron chi connectivity index (χ3n) is 4.79. The number of nitrogens with one attached hydrogen (secondary N) is 1. The second-order valence-electron chi connectivity index (χ2n) is 6.58. The van der Waals surface area contributed by atoms with Crippen LogP contribution < -0.4 is 5.32 Å². The zero-order valence-electron chi connectivity index (χ0n) is 14.9. The number of hydrogen-bond donors (Lipinski definition) is 1. The first-order chi connectivity index (χ1) is 11.9. The maximum absolute atomic E-state index is 12.6. The molecule has 140 valence electrons. The third-order valence-corrected chi connectivity index (χ3v) is 7.13. The van der Waals surface area contributed by atoms with Gasteiger partial charge in [0.1, 0.15) is 0 Å². The Hall–Kier alpha value is -0.920. The number of hydrogen-bond acceptors (Lipinski definition) is 3. The van der Waals surface area contributed by atoms with Gasteiger partial charge in [0.2, 0.25) is 15.9 Å². The molecule has 0 bridgehead atoms. The SMILES string of the molecule is CCC(CC)NC(=O)C1CCN(S(=O)(=O)Cc2cccc(Br)c2)CC1. The van der Waals surface area contributed by atoms with E-state index in [-0.39, 0.29) is 23.6 Å². The Morgan fingerprint density at radius 1 is 1.28 bits per heavy atom. The number of amides is 1. The van der Waals surface area contributed by atoms with Crippen LogP contribution in [0.5, 0.6) is 0 Å². The van der Waals surface area contributed by atoms with E-state index in [2.05, 4.69) is 35.1 Å². The van der Waals surface area contributed by atoms with Crippen LogP contribution in [0.4, 0.5) is 0 Å². The molecule has 5 nitrogen and oxygen atoms in total. The Morgan fingerprint density at radius 3 is 2.48 bits per heavy atom. The van der Waals surface area contributed by atoms with E-state index in [9.17, 15) is 13.2 Å². The molecule has 1 heterocycles. The number of sulfonamides is 1. The summed E-state index contributed by atoms with van der Waals surface area (Å²) in [5.74, 6) is -0.0208. The van der Waals surface area contributed by atoms with Gasteiger partial charge in [0.25, 0.3) is 0 Å². The van der Waals surface area contributed by atoms with Crippen LogP contribution in [0.15, 0.2) is 28.7 Å². The standard InChI is InChI=1S/C18H27BrN2O3S/c1-3-17(4-2)20-18(22)15-8-10-21(11-9-15)25(23,24)13-14-6-5-7-16(19)12-14/h5-7,12,15,17H,3-4,8-11,13H2,1-2H3,(H,20,22). The van der Waals surface area contributed by atoms with Crippen molar-refractivity contribution in [2.45, 2.75) is 51.3 Å². The molecule has 1 fully saturated rings. The van der Waals surface area contributed by atoms with E-state index in [0.717, 1.165) is 22.9 Å². The first kappa shape index (κ1) is 20.4. The van der Waals surface area contributed by atoms with Gasteiger partial charge in [0.05, 0.1) is 5.75 Å². The molecule has 1 aromatic carbocycles. The van der Waals surface area contributed by atoms with E-state index in [1.165, 1.54) is 4.31 Å². The van der Waals surface area contributed by atoms with Crippen molar-refractivity contribution in [2.24, 2.45) is 5.92 Å². The number of carbonyl (C=O) groups excluding carboxylic acids is 1. The summed E-state index contributed by atoms with van der Waals surface area (Å²) in [6.07, 6.45) is 3.01. The molecule has 25 heavy (non-hydrogen) atoms. The van der Waals surface area contributed by atoms with E-state index in [1.54, 1.807) is 0 Å². The average molecular weight is 431 g/mol. The molecule has 1 saturated heterocycles. The minimum Gasteiger partial charge on any atom is -0.353 e. The molecule has 0 saturated carbocycles. The van der Waals surface area contributed by atoms with Crippen LogP contribution in [-0.4, -0.2) is 37.8 Å². The lowest BCUT2D eigenvalue weighted by molar-refractivity contribution is -0.126. The van der Waals surface area contributed by atoms with Gasteiger partial charge in [0.15, 0.2) is 0 Å². The van der Waals surface area contributed by atoms with Gasteiger partial charge >= 0.3 is 0 Å². The zero-order valence-corrected chi connectivity index (χ0v) is 17.3. The number of piperidine rings is 1. The lowest BCUT2D eigenvalue weighted by Gasteiger charge is -2.31. The minimum absolute atomic E-state index is 0.00293. The summed E-state index contributed by atoms with van der Waals surface area (Å²) in [5, 5.41) is 3.07. The molecule has 2 rings (SSSR count). The molecular weight excluding hydrogens is 404 g/mol. The first-order valence-corrected chi connectivity index (χ1v) is 11.3. The maximum Gasteiger partial charge on any atom is 0.223 e. The monoisotopic (exact) mass is 430 g/mol. The van der Waals surface area contributed by atoms with E-state index >= 15 is 0 Å². The number of carbonyl (C=O) groups is 1. The number of rotatable bonds is 7. The molecule has 0 atom stereocenters. The molecule has 1 aliphatic rings. The van der Waals surface area contributed by atoms with E-state index in [4.69, 9.17) is 0 Å². The van der Waals surface area contributed by atoms with Gasteiger partial charge in [-0.2, -0.15) is 0 Å². The number of nitrogens with zero attached hydrogens (tertiary/aromatic N) is 1. The highest BCUT2D eigenvalue weighted by atomic mass is 79.9. The van der Waals surface area contributed by atoms with Crippen LogP contribution in [-0.2, 0) is 20.6 Å². The summed E-state index contributed by atoms with van der Waals surface area (Å²) in [4.78, 5) is 12.3. The molecule has 1 amide bonds. The second kappa shape index (κ2) is 9.14. The molecule has 0 unspecified atom stereocenters. The molecular formula is C18H27BrN2O3S. The lowest BCUT2D eigenvalue weighted by atomic mass is 9.96. The normalized spacial score (nSPS) is 17.0. The highest BCUT2D eigenvalue weighted by Crippen LogP contribution is 2.23. The van der Waals surface area contributed by atoms with Gasteiger partial charge in [-0.25, -0.2) is 12.7 Å². The smallest absolute Gasteiger partial charge is 0.223 e. The van der Waals surface area contributed by atoms with Gasteiger partial charge in [-0.1, -0.05) is 41.9 Å². The van der Waals surface area contributed by atoms with E-state index < -0.39 is 10.0 Å². The van der Waals surface area contributed by atoms with Gasteiger partial charge in [0, 0.05) is 29.5 Å². The van der Waals surface area contributed by atoms with Crippen LogP contribution >= 0.6 is 15.9 Å². The van der Waals surface area contributed by atoms with Crippen molar-refractivity contribution in [3.8, 4) is 0 Å². The molecule has 1 aliphatic heterocycles. The van der Waals surface area contributed by atoms with Crippen LogP contribution in [0.1, 0.15) is 45.1 Å². The summed E-state index contributed by atoms with van der Waals surface area (Å²) in [6, 6.07) is 7.57. The van der Waals surface area contributed by atoms with Crippen molar-refractivity contribution in [3.05, 3.63) is 34.3 Å².